The molecule has 5 nitrogen and oxygen atoms in total. The number of hydrogen-bond donors (Lipinski definition) is 0. The third-order valence-corrected chi connectivity index (χ3v) is 7.67. The highest BCUT2D eigenvalue weighted by Crippen LogP contribution is 2.34. The largest absolute Gasteiger partial charge is 0.491 e. The van der Waals surface area contributed by atoms with E-state index in [0.717, 1.165) is 17.7 Å². The Morgan fingerprint density at radius 1 is 1.17 bits per heavy atom. The molecule has 35 heavy (non-hydrogen) atoms. The number of ether oxygens (including phenoxy) is 1. The van der Waals surface area contributed by atoms with Gasteiger partial charge in [-0.1, -0.05) is 43.6 Å². The Bertz CT molecular complexity index is 1170. The van der Waals surface area contributed by atoms with Crippen molar-refractivity contribution in [3.8, 4) is 5.75 Å². The van der Waals surface area contributed by atoms with Crippen LogP contribution >= 0.6 is 22.9 Å². The number of benzene rings is 2. The average Bonchev–Trinajstić information content (AvgIpc) is 3.34. The third kappa shape index (κ3) is 5.88. The molecule has 0 fully saturated rings. The van der Waals surface area contributed by atoms with Crippen LogP contribution in [0.5, 0.6) is 5.75 Å². The Labute approximate surface area is 216 Å². The van der Waals surface area contributed by atoms with Crippen molar-refractivity contribution in [2.75, 3.05) is 26.2 Å². The quantitative estimate of drug-likeness (QED) is 0.363. The third-order valence-electron chi connectivity index (χ3n) is 6.44. The Balaban J connectivity index is 1.49. The lowest BCUT2D eigenvalue weighted by Gasteiger charge is -2.37. The van der Waals surface area contributed by atoms with E-state index in [0.29, 0.717) is 36.2 Å². The molecule has 0 radical (unpaired) electrons. The molecule has 4 rings (SSSR count). The van der Waals surface area contributed by atoms with Crippen LogP contribution in [0.2, 0.25) is 5.02 Å². The molecule has 0 N–H and O–H groups in total. The van der Waals surface area contributed by atoms with Gasteiger partial charge in [0.05, 0.1) is 6.04 Å². The van der Waals surface area contributed by atoms with Gasteiger partial charge in [0.25, 0.3) is 5.91 Å². The molecule has 184 valence electrons. The Morgan fingerprint density at radius 3 is 2.63 bits per heavy atom. The summed E-state index contributed by atoms with van der Waals surface area (Å²) in [7, 11) is 0. The first-order valence-corrected chi connectivity index (χ1v) is 13.3. The summed E-state index contributed by atoms with van der Waals surface area (Å²) in [4.78, 5) is 31.3. The van der Waals surface area contributed by atoms with Crippen LogP contribution in [0.3, 0.4) is 0 Å². The lowest BCUT2D eigenvalue weighted by atomic mass is 10.00. The molecule has 0 saturated heterocycles. The number of fused-ring (bicyclic) bond motifs is 1. The first-order valence-electron chi connectivity index (χ1n) is 12.0. The maximum Gasteiger partial charge on any atom is 0.254 e. The van der Waals surface area contributed by atoms with Gasteiger partial charge in [-0.25, -0.2) is 0 Å². The summed E-state index contributed by atoms with van der Waals surface area (Å²) in [6, 6.07) is 16.9. The molecular formula is C28H31ClN2O3S. The zero-order valence-corrected chi connectivity index (χ0v) is 21.9. The van der Waals surface area contributed by atoms with Gasteiger partial charge >= 0.3 is 0 Å². The van der Waals surface area contributed by atoms with E-state index in [9.17, 15) is 9.59 Å². The highest BCUT2D eigenvalue weighted by molar-refractivity contribution is 7.10. The minimum absolute atomic E-state index is 0.0148. The van der Waals surface area contributed by atoms with Crippen LogP contribution in [0.1, 0.15) is 59.1 Å². The monoisotopic (exact) mass is 510 g/mol. The van der Waals surface area contributed by atoms with Gasteiger partial charge in [0, 0.05) is 28.6 Å². The standard InChI is InChI=1S/C28H31ClN2O3S/c1-4-30(28(33)21-6-5-7-22(29)16-21)17-27(32)31-14-12-26-24(13-15-35-26)25(31)18-34-23-10-8-20(9-11-23)19(2)3/h5-11,13,15-16,19,25H,4,12,14,17-18H2,1-3H3. The molecule has 2 amide bonds. The maximum absolute atomic E-state index is 13.5. The van der Waals surface area contributed by atoms with Gasteiger partial charge in [0.2, 0.25) is 5.91 Å². The number of halogens is 1. The number of hydrogen-bond acceptors (Lipinski definition) is 4. The SMILES string of the molecule is CCN(CC(=O)N1CCc2sccc2C1COc1ccc(C(C)C)cc1)C(=O)c1cccc(Cl)c1. The first-order chi connectivity index (χ1) is 16.9. The van der Waals surface area contributed by atoms with Crippen LogP contribution in [0.15, 0.2) is 60.0 Å². The minimum atomic E-state index is -0.199. The molecule has 1 aliphatic heterocycles. The number of carbonyl (C=O) groups excluding carboxylic acids is 2. The average molecular weight is 511 g/mol. The van der Waals surface area contributed by atoms with E-state index < -0.39 is 0 Å². The number of likely N-dealkylation sites (N-methyl/N-ethyl adjacent to an activating group) is 1. The van der Waals surface area contributed by atoms with Gasteiger partial charge < -0.3 is 14.5 Å². The smallest absolute Gasteiger partial charge is 0.254 e. The highest BCUT2D eigenvalue weighted by atomic mass is 35.5. The van der Waals surface area contributed by atoms with Crippen molar-refractivity contribution in [1.29, 1.82) is 0 Å². The Hall–Kier alpha value is -2.83. The summed E-state index contributed by atoms with van der Waals surface area (Å²) < 4.78 is 6.16. The van der Waals surface area contributed by atoms with Crippen molar-refractivity contribution in [3.05, 3.63) is 86.6 Å². The second kappa shape index (κ2) is 11.3. The predicted octanol–water partition coefficient (Wildman–Crippen LogP) is 6.19. The Kier molecular flexibility index (Phi) is 8.14. The molecule has 1 unspecified atom stereocenters. The van der Waals surface area contributed by atoms with Crippen molar-refractivity contribution in [3.63, 3.8) is 0 Å². The van der Waals surface area contributed by atoms with Crippen LogP contribution in [-0.2, 0) is 11.2 Å². The van der Waals surface area contributed by atoms with E-state index in [4.69, 9.17) is 16.3 Å². The fourth-order valence-electron chi connectivity index (χ4n) is 4.38. The van der Waals surface area contributed by atoms with Crippen molar-refractivity contribution < 1.29 is 14.3 Å². The van der Waals surface area contributed by atoms with E-state index in [1.165, 1.54) is 10.4 Å². The lowest BCUT2D eigenvalue weighted by Crippen LogP contribution is -2.47. The van der Waals surface area contributed by atoms with Crippen molar-refractivity contribution in [1.82, 2.24) is 9.80 Å². The molecule has 1 aromatic heterocycles. The maximum atomic E-state index is 13.5. The molecular weight excluding hydrogens is 480 g/mol. The summed E-state index contributed by atoms with van der Waals surface area (Å²) in [6.45, 7) is 7.62. The number of rotatable bonds is 8. The van der Waals surface area contributed by atoms with Crippen molar-refractivity contribution in [2.24, 2.45) is 0 Å². The summed E-state index contributed by atoms with van der Waals surface area (Å²) in [5.74, 6) is 0.966. The molecule has 2 aromatic carbocycles. The minimum Gasteiger partial charge on any atom is -0.491 e. The van der Waals surface area contributed by atoms with Gasteiger partial charge in [-0.15, -0.1) is 11.3 Å². The zero-order chi connectivity index (χ0) is 24.9. The fraction of sp³-hybridized carbons (Fsp3) is 0.357. The topological polar surface area (TPSA) is 49.9 Å². The van der Waals surface area contributed by atoms with Crippen LogP contribution < -0.4 is 4.74 Å². The van der Waals surface area contributed by atoms with Gasteiger partial charge in [-0.05, 0) is 72.2 Å². The van der Waals surface area contributed by atoms with Crippen LogP contribution in [0.4, 0.5) is 0 Å². The zero-order valence-electron chi connectivity index (χ0n) is 20.4. The van der Waals surface area contributed by atoms with Crippen LogP contribution in [0, 0.1) is 0 Å². The molecule has 0 bridgehead atoms. The molecule has 3 aromatic rings. The molecule has 0 aliphatic carbocycles. The second-order valence-electron chi connectivity index (χ2n) is 9.02. The van der Waals surface area contributed by atoms with E-state index >= 15 is 0 Å². The van der Waals surface area contributed by atoms with Crippen LogP contribution in [-0.4, -0.2) is 47.9 Å². The molecule has 2 heterocycles. The van der Waals surface area contributed by atoms with Gasteiger partial charge in [0.1, 0.15) is 18.9 Å². The Morgan fingerprint density at radius 2 is 1.94 bits per heavy atom. The second-order valence-corrected chi connectivity index (χ2v) is 10.5. The lowest BCUT2D eigenvalue weighted by molar-refractivity contribution is -0.135. The summed E-state index contributed by atoms with van der Waals surface area (Å²) in [5.41, 5.74) is 2.88. The predicted molar refractivity (Wildman–Crippen MR) is 142 cm³/mol. The summed E-state index contributed by atoms with van der Waals surface area (Å²) in [5, 5.41) is 2.57. The number of carbonyl (C=O) groups is 2. The molecule has 0 saturated carbocycles. The number of nitrogens with zero attached hydrogens (tertiary/aromatic N) is 2. The molecule has 0 spiro atoms. The molecule has 1 atom stereocenters. The summed E-state index contributed by atoms with van der Waals surface area (Å²) in [6.07, 6.45) is 0.812. The van der Waals surface area contributed by atoms with Gasteiger partial charge in [-0.3, -0.25) is 9.59 Å². The van der Waals surface area contributed by atoms with E-state index in [2.05, 4.69) is 37.4 Å². The fourth-order valence-corrected chi connectivity index (χ4v) is 5.50. The van der Waals surface area contributed by atoms with Gasteiger partial charge in [0.15, 0.2) is 0 Å². The van der Waals surface area contributed by atoms with Crippen molar-refractivity contribution >= 4 is 34.8 Å². The summed E-state index contributed by atoms with van der Waals surface area (Å²) >= 11 is 7.79. The normalized spacial score (nSPS) is 15.1. The molecule has 7 heteroatoms. The first kappa shape index (κ1) is 25.3. The number of thiophene rings is 1. The van der Waals surface area contributed by atoms with Crippen molar-refractivity contribution in [2.45, 2.75) is 39.2 Å². The van der Waals surface area contributed by atoms with E-state index in [-0.39, 0.29) is 24.4 Å². The van der Waals surface area contributed by atoms with Crippen LogP contribution in [0.25, 0.3) is 0 Å². The van der Waals surface area contributed by atoms with E-state index in [1.54, 1.807) is 40.5 Å². The van der Waals surface area contributed by atoms with E-state index in [1.807, 2.05) is 24.0 Å². The van der Waals surface area contributed by atoms with Gasteiger partial charge in [-0.2, -0.15) is 0 Å². The molecule has 1 aliphatic rings. The number of amides is 2. The highest BCUT2D eigenvalue weighted by Gasteiger charge is 2.33.